The quantitative estimate of drug-likeness (QED) is 0.720. The third-order valence-corrected chi connectivity index (χ3v) is 3.59. The van der Waals surface area contributed by atoms with Crippen molar-refractivity contribution in [2.45, 2.75) is 6.42 Å². The molecular weight excluding hydrogens is 310 g/mol. The number of hydrogen-bond donors (Lipinski definition) is 2. The Morgan fingerprint density at radius 3 is 2.67 bits per heavy atom. The molecule has 1 amide bonds. The Kier molecular flexibility index (Phi) is 4.20. The lowest BCUT2D eigenvalue weighted by Gasteiger charge is -2.10. The maximum absolute atomic E-state index is 12.2. The predicted molar refractivity (Wildman–Crippen MR) is 89.5 cm³/mol. The second-order valence-electron chi connectivity index (χ2n) is 5.15. The fourth-order valence-corrected chi connectivity index (χ4v) is 2.45. The second-order valence-corrected chi connectivity index (χ2v) is 5.15. The van der Waals surface area contributed by atoms with Crippen LogP contribution in [0.5, 0.6) is 11.5 Å². The van der Waals surface area contributed by atoms with Crippen LogP contribution in [0.25, 0.3) is 11.0 Å². The van der Waals surface area contributed by atoms with Crippen LogP contribution in [0, 0.1) is 0 Å². The molecule has 2 N–H and O–H groups in total. The molecule has 0 atom stereocenters. The van der Waals surface area contributed by atoms with Crippen molar-refractivity contribution in [1.29, 1.82) is 0 Å². The molecule has 0 bridgehead atoms. The van der Waals surface area contributed by atoms with E-state index in [9.17, 15) is 14.7 Å². The van der Waals surface area contributed by atoms with Gasteiger partial charge in [-0.2, -0.15) is 0 Å². The van der Waals surface area contributed by atoms with Crippen molar-refractivity contribution in [1.82, 2.24) is 0 Å². The van der Waals surface area contributed by atoms with Crippen molar-refractivity contribution in [3.05, 3.63) is 64.5 Å². The summed E-state index contributed by atoms with van der Waals surface area (Å²) < 4.78 is 10.3. The molecular formula is C18H15NO5. The number of carbonyl (C=O) groups excluding carboxylic acids is 1. The fraction of sp³-hybridized carbons (Fsp3) is 0.111. The highest BCUT2D eigenvalue weighted by atomic mass is 16.5. The Balaban J connectivity index is 1.90. The number of para-hydroxylation sites is 2. The van der Waals surface area contributed by atoms with Gasteiger partial charge < -0.3 is 19.6 Å². The standard InChI is InChI=1S/C18H15NO5/c1-23-13-8-4-2-6-11(13)10-15(20)19-16-17(21)12-7-3-5-9-14(12)24-18(16)22/h2-9,21H,10H2,1H3,(H,19,20). The molecule has 0 spiro atoms. The van der Waals surface area contributed by atoms with Gasteiger partial charge >= 0.3 is 5.63 Å². The first-order valence-corrected chi connectivity index (χ1v) is 7.26. The Morgan fingerprint density at radius 2 is 1.88 bits per heavy atom. The molecule has 24 heavy (non-hydrogen) atoms. The van der Waals surface area contributed by atoms with Gasteiger partial charge in [-0.05, 0) is 18.2 Å². The number of methoxy groups -OCH3 is 1. The predicted octanol–water partition coefficient (Wildman–Crippen LogP) is 2.69. The van der Waals surface area contributed by atoms with Crippen molar-refractivity contribution in [2.75, 3.05) is 12.4 Å². The number of anilines is 1. The summed E-state index contributed by atoms with van der Waals surface area (Å²) in [7, 11) is 1.51. The maximum Gasteiger partial charge on any atom is 0.364 e. The van der Waals surface area contributed by atoms with Crippen LogP contribution in [-0.4, -0.2) is 18.1 Å². The van der Waals surface area contributed by atoms with Gasteiger partial charge in [0.25, 0.3) is 0 Å². The van der Waals surface area contributed by atoms with Crippen LogP contribution < -0.4 is 15.7 Å². The third kappa shape index (κ3) is 2.94. The largest absolute Gasteiger partial charge is 0.505 e. The van der Waals surface area contributed by atoms with Crippen molar-refractivity contribution >= 4 is 22.6 Å². The number of carbonyl (C=O) groups is 1. The molecule has 6 nitrogen and oxygen atoms in total. The van der Waals surface area contributed by atoms with E-state index in [1.54, 1.807) is 48.5 Å². The molecule has 1 heterocycles. The van der Waals surface area contributed by atoms with Gasteiger partial charge in [-0.1, -0.05) is 30.3 Å². The molecule has 122 valence electrons. The van der Waals surface area contributed by atoms with E-state index < -0.39 is 11.5 Å². The van der Waals surface area contributed by atoms with E-state index >= 15 is 0 Å². The van der Waals surface area contributed by atoms with Crippen LogP contribution in [0.2, 0.25) is 0 Å². The molecule has 0 saturated carbocycles. The lowest BCUT2D eigenvalue weighted by Crippen LogP contribution is -2.20. The minimum atomic E-state index is -0.806. The van der Waals surface area contributed by atoms with E-state index in [4.69, 9.17) is 9.15 Å². The number of rotatable bonds is 4. The Bertz CT molecular complexity index is 961. The minimum absolute atomic E-state index is 0.00425. The van der Waals surface area contributed by atoms with Crippen molar-refractivity contribution in [3.63, 3.8) is 0 Å². The van der Waals surface area contributed by atoms with E-state index in [0.717, 1.165) is 0 Å². The Labute approximate surface area is 137 Å². The molecule has 0 fully saturated rings. The number of amides is 1. The average molecular weight is 325 g/mol. The minimum Gasteiger partial charge on any atom is -0.505 e. The Morgan fingerprint density at radius 1 is 1.17 bits per heavy atom. The van der Waals surface area contributed by atoms with Crippen LogP contribution in [0.4, 0.5) is 5.69 Å². The van der Waals surface area contributed by atoms with Gasteiger partial charge in [-0.25, -0.2) is 4.79 Å². The summed E-state index contributed by atoms with van der Waals surface area (Å²) in [6.45, 7) is 0. The van der Waals surface area contributed by atoms with Gasteiger partial charge in [0.1, 0.15) is 11.3 Å². The monoisotopic (exact) mass is 325 g/mol. The Hall–Kier alpha value is -3.28. The van der Waals surface area contributed by atoms with Crippen LogP contribution >= 0.6 is 0 Å². The lowest BCUT2D eigenvalue weighted by molar-refractivity contribution is -0.115. The van der Waals surface area contributed by atoms with E-state index in [2.05, 4.69) is 5.32 Å². The molecule has 3 rings (SSSR count). The molecule has 0 unspecified atom stereocenters. The zero-order chi connectivity index (χ0) is 17.1. The molecule has 2 aromatic carbocycles. The number of hydrogen-bond acceptors (Lipinski definition) is 5. The molecule has 0 aliphatic heterocycles. The van der Waals surface area contributed by atoms with Gasteiger partial charge in [0.05, 0.1) is 18.9 Å². The van der Waals surface area contributed by atoms with E-state index in [1.807, 2.05) is 0 Å². The lowest BCUT2D eigenvalue weighted by atomic mass is 10.1. The summed E-state index contributed by atoms with van der Waals surface area (Å²) in [5.74, 6) is -0.199. The maximum atomic E-state index is 12.2. The summed E-state index contributed by atoms with van der Waals surface area (Å²) >= 11 is 0. The van der Waals surface area contributed by atoms with Gasteiger partial charge in [-0.3, -0.25) is 4.79 Å². The van der Waals surface area contributed by atoms with E-state index in [-0.39, 0.29) is 23.4 Å². The summed E-state index contributed by atoms with van der Waals surface area (Å²) in [6, 6.07) is 13.6. The first-order valence-electron chi connectivity index (χ1n) is 7.26. The summed E-state index contributed by atoms with van der Waals surface area (Å²) in [5.41, 5.74) is -0.155. The first-order chi connectivity index (χ1) is 11.6. The van der Waals surface area contributed by atoms with Gasteiger partial charge in [0.2, 0.25) is 5.91 Å². The van der Waals surface area contributed by atoms with Crippen molar-refractivity contribution < 1.29 is 19.1 Å². The summed E-state index contributed by atoms with van der Waals surface area (Å²) in [5, 5.41) is 13.0. The number of benzene rings is 2. The molecule has 6 heteroatoms. The van der Waals surface area contributed by atoms with Gasteiger partial charge in [0.15, 0.2) is 11.4 Å². The van der Waals surface area contributed by atoms with Gasteiger partial charge in [0, 0.05) is 5.56 Å². The number of nitrogens with one attached hydrogen (secondary N) is 1. The molecule has 0 aliphatic rings. The van der Waals surface area contributed by atoms with Crippen LogP contribution in [0.1, 0.15) is 5.56 Å². The molecule has 1 aromatic heterocycles. The van der Waals surface area contributed by atoms with Crippen LogP contribution in [0.3, 0.4) is 0 Å². The zero-order valence-corrected chi connectivity index (χ0v) is 12.9. The second kappa shape index (κ2) is 6.45. The van der Waals surface area contributed by atoms with Crippen molar-refractivity contribution in [3.8, 4) is 11.5 Å². The van der Waals surface area contributed by atoms with Crippen LogP contribution in [0.15, 0.2) is 57.7 Å². The molecule has 0 radical (unpaired) electrons. The third-order valence-electron chi connectivity index (χ3n) is 3.59. The summed E-state index contributed by atoms with van der Waals surface area (Å²) in [4.78, 5) is 24.2. The van der Waals surface area contributed by atoms with Gasteiger partial charge in [-0.15, -0.1) is 0 Å². The molecule has 0 aliphatic carbocycles. The fourth-order valence-electron chi connectivity index (χ4n) is 2.45. The van der Waals surface area contributed by atoms with Crippen molar-refractivity contribution in [2.24, 2.45) is 0 Å². The average Bonchev–Trinajstić information content (AvgIpc) is 2.59. The molecule has 3 aromatic rings. The van der Waals surface area contributed by atoms with E-state index in [0.29, 0.717) is 16.7 Å². The highest BCUT2D eigenvalue weighted by Crippen LogP contribution is 2.29. The normalized spacial score (nSPS) is 10.5. The highest BCUT2D eigenvalue weighted by Gasteiger charge is 2.17. The first kappa shape index (κ1) is 15.6. The van der Waals surface area contributed by atoms with E-state index in [1.165, 1.54) is 7.11 Å². The zero-order valence-electron chi connectivity index (χ0n) is 12.9. The SMILES string of the molecule is COc1ccccc1CC(=O)Nc1c(O)c2ccccc2oc1=O. The highest BCUT2D eigenvalue weighted by molar-refractivity contribution is 5.97. The molecule has 0 saturated heterocycles. The summed E-state index contributed by atoms with van der Waals surface area (Å²) in [6.07, 6.45) is -0.00425. The number of ether oxygens (including phenoxy) is 1. The van der Waals surface area contributed by atoms with Crippen LogP contribution in [-0.2, 0) is 11.2 Å². The number of aromatic hydroxyl groups is 1. The topological polar surface area (TPSA) is 88.8 Å². The smallest absolute Gasteiger partial charge is 0.364 e. The number of fused-ring (bicyclic) bond motifs is 1.